The highest BCUT2D eigenvalue weighted by Crippen LogP contribution is 2.17. The van der Waals surface area contributed by atoms with Crippen molar-refractivity contribution >= 4 is 17.8 Å². The monoisotopic (exact) mass is 357 g/mol. The lowest BCUT2D eigenvalue weighted by atomic mass is 10.1. The molecular formula is C18H19N3O5. The molecule has 0 spiro atoms. The lowest BCUT2D eigenvalue weighted by Crippen LogP contribution is -2.57. The van der Waals surface area contributed by atoms with E-state index >= 15 is 0 Å². The third kappa shape index (κ3) is 3.90. The van der Waals surface area contributed by atoms with Crippen molar-refractivity contribution in [1.82, 2.24) is 15.4 Å². The Labute approximate surface area is 150 Å². The van der Waals surface area contributed by atoms with E-state index in [1.165, 1.54) is 12.0 Å². The van der Waals surface area contributed by atoms with E-state index in [0.29, 0.717) is 18.7 Å². The first-order valence-electron chi connectivity index (χ1n) is 8.23. The van der Waals surface area contributed by atoms with Crippen LogP contribution in [-0.4, -0.2) is 54.1 Å². The summed E-state index contributed by atoms with van der Waals surface area (Å²) >= 11 is 0. The number of piperazine rings is 1. The van der Waals surface area contributed by atoms with Crippen LogP contribution >= 0.6 is 0 Å². The molecule has 1 N–H and O–H groups in total. The zero-order chi connectivity index (χ0) is 18.5. The molecule has 1 saturated heterocycles. The number of hydrogen-bond donors (Lipinski definition) is 1. The molecule has 1 aromatic carbocycles. The number of methoxy groups -OCH3 is 1. The number of ether oxygens (including phenoxy) is 1. The molecule has 0 radical (unpaired) electrons. The quantitative estimate of drug-likeness (QED) is 0.793. The number of rotatable bonds is 5. The van der Waals surface area contributed by atoms with Crippen LogP contribution in [0.15, 0.2) is 40.9 Å². The van der Waals surface area contributed by atoms with E-state index in [2.05, 4.69) is 15.2 Å². The molecule has 26 heavy (non-hydrogen) atoms. The zero-order valence-electron chi connectivity index (χ0n) is 14.3. The Morgan fingerprint density at radius 2 is 2.12 bits per heavy atom. The minimum absolute atomic E-state index is 0.0421. The number of benzene rings is 1. The van der Waals surface area contributed by atoms with Gasteiger partial charge in [0.25, 0.3) is 5.91 Å². The molecule has 3 rings (SSSR count). The van der Waals surface area contributed by atoms with Crippen LogP contribution in [-0.2, 0) is 20.7 Å². The van der Waals surface area contributed by atoms with Crippen molar-refractivity contribution in [3.63, 3.8) is 0 Å². The second-order valence-electron chi connectivity index (χ2n) is 5.93. The summed E-state index contributed by atoms with van der Waals surface area (Å²) in [6.07, 6.45) is 0.322. The molecule has 1 aliphatic heterocycles. The van der Waals surface area contributed by atoms with E-state index in [0.717, 1.165) is 5.56 Å². The van der Waals surface area contributed by atoms with E-state index in [1.54, 1.807) is 6.07 Å². The van der Waals surface area contributed by atoms with Crippen LogP contribution in [0.4, 0.5) is 0 Å². The number of amides is 2. The maximum absolute atomic E-state index is 12.8. The summed E-state index contributed by atoms with van der Waals surface area (Å²) in [5, 5.41) is 6.58. The van der Waals surface area contributed by atoms with Gasteiger partial charge < -0.3 is 19.5 Å². The van der Waals surface area contributed by atoms with Gasteiger partial charge >= 0.3 is 5.97 Å². The molecule has 1 aliphatic rings. The lowest BCUT2D eigenvalue weighted by Gasteiger charge is -2.33. The minimum atomic E-state index is -0.925. The average molecular weight is 357 g/mol. The normalized spacial score (nSPS) is 16.9. The number of carbonyl (C=O) groups excluding carboxylic acids is 3. The van der Waals surface area contributed by atoms with Gasteiger partial charge in [0.15, 0.2) is 0 Å². The van der Waals surface area contributed by atoms with Crippen molar-refractivity contribution in [2.75, 3.05) is 20.2 Å². The second-order valence-corrected chi connectivity index (χ2v) is 5.93. The molecule has 0 aliphatic carbocycles. The first-order valence-corrected chi connectivity index (χ1v) is 8.23. The Kier molecular flexibility index (Phi) is 5.31. The predicted octanol–water partition coefficient (Wildman–Crippen LogP) is 0.769. The zero-order valence-corrected chi connectivity index (χ0v) is 14.3. The van der Waals surface area contributed by atoms with Gasteiger partial charge in [-0.05, 0) is 5.56 Å². The Balaban J connectivity index is 1.74. The SMILES string of the molecule is COC(=O)C[C@H]1C(=O)NCCN1C(=O)c1cc(Cc2ccccc2)no1. The molecule has 1 atom stereocenters. The predicted molar refractivity (Wildman–Crippen MR) is 90.2 cm³/mol. The standard InChI is InChI=1S/C18H19N3O5/c1-25-16(22)11-14-17(23)19-7-8-21(14)18(24)15-10-13(20-26-15)9-12-5-3-2-4-6-12/h2-6,10,14H,7-9,11H2,1H3,(H,19,23)/t14-/m0/s1. The van der Waals surface area contributed by atoms with Crippen molar-refractivity contribution in [3.05, 3.63) is 53.4 Å². The topological polar surface area (TPSA) is 102 Å². The molecule has 8 nitrogen and oxygen atoms in total. The maximum Gasteiger partial charge on any atom is 0.308 e. The number of carbonyl (C=O) groups is 3. The number of nitrogens with zero attached hydrogens (tertiary/aromatic N) is 2. The summed E-state index contributed by atoms with van der Waals surface area (Å²) in [7, 11) is 1.24. The highest BCUT2D eigenvalue weighted by atomic mass is 16.5. The number of hydrogen-bond acceptors (Lipinski definition) is 6. The largest absolute Gasteiger partial charge is 0.469 e. The molecule has 2 amide bonds. The Hall–Kier alpha value is -3.16. The van der Waals surface area contributed by atoms with Gasteiger partial charge in [0.1, 0.15) is 6.04 Å². The highest BCUT2D eigenvalue weighted by Gasteiger charge is 2.36. The van der Waals surface area contributed by atoms with Crippen LogP contribution in [0.2, 0.25) is 0 Å². The van der Waals surface area contributed by atoms with Crippen molar-refractivity contribution in [1.29, 1.82) is 0 Å². The van der Waals surface area contributed by atoms with Crippen molar-refractivity contribution < 1.29 is 23.6 Å². The molecular weight excluding hydrogens is 338 g/mol. The summed E-state index contributed by atoms with van der Waals surface area (Å²) < 4.78 is 9.79. The maximum atomic E-state index is 12.8. The fourth-order valence-electron chi connectivity index (χ4n) is 2.84. The Bertz CT molecular complexity index is 802. The minimum Gasteiger partial charge on any atom is -0.469 e. The fraction of sp³-hybridized carbons (Fsp3) is 0.333. The molecule has 2 aromatic rings. The summed E-state index contributed by atoms with van der Waals surface area (Å²) in [6, 6.07) is 10.3. The third-order valence-electron chi connectivity index (χ3n) is 4.18. The molecule has 0 bridgehead atoms. The van der Waals surface area contributed by atoms with Crippen molar-refractivity contribution in [3.8, 4) is 0 Å². The van der Waals surface area contributed by atoms with E-state index in [-0.39, 0.29) is 24.6 Å². The first kappa shape index (κ1) is 17.7. The molecule has 2 heterocycles. The summed E-state index contributed by atoms with van der Waals surface area (Å²) in [4.78, 5) is 37.7. The number of nitrogens with one attached hydrogen (secondary N) is 1. The van der Waals surface area contributed by atoms with E-state index in [9.17, 15) is 14.4 Å². The molecule has 1 aromatic heterocycles. The molecule has 0 saturated carbocycles. The van der Waals surface area contributed by atoms with Gasteiger partial charge in [0, 0.05) is 25.6 Å². The van der Waals surface area contributed by atoms with Crippen LogP contribution in [0.25, 0.3) is 0 Å². The Morgan fingerprint density at radius 3 is 2.85 bits per heavy atom. The summed E-state index contributed by atoms with van der Waals surface area (Å²) in [5.74, 6) is -1.38. The van der Waals surface area contributed by atoms with Crippen LogP contribution < -0.4 is 5.32 Å². The third-order valence-corrected chi connectivity index (χ3v) is 4.18. The van der Waals surface area contributed by atoms with Gasteiger partial charge in [-0.1, -0.05) is 35.5 Å². The Morgan fingerprint density at radius 1 is 1.35 bits per heavy atom. The van der Waals surface area contributed by atoms with Gasteiger partial charge in [-0.3, -0.25) is 14.4 Å². The lowest BCUT2D eigenvalue weighted by molar-refractivity contribution is -0.145. The van der Waals surface area contributed by atoms with Gasteiger partial charge in [0.2, 0.25) is 11.7 Å². The molecule has 0 unspecified atom stereocenters. The van der Waals surface area contributed by atoms with Crippen LogP contribution in [0.1, 0.15) is 28.2 Å². The number of aromatic nitrogens is 1. The average Bonchev–Trinajstić information content (AvgIpc) is 3.12. The van der Waals surface area contributed by atoms with Crippen LogP contribution in [0, 0.1) is 0 Å². The van der Waals surface area contributed by atoms with Crippen molar-refractivity contribution in [2.24, 2.45) is 0 Å². The van der Waals surface area contributed by atoms with Crippen molar-refractivity contribution in [2.45, 2.75) is 18.9 Å². The van der Waals surface area contributed by atoms with Crippen LogP contribution in [0.5, 0.6) is 0 Å². The summed E-state index contributed by atoms with van der Waals surface area (Å²) in [5.41, 5.74) is 1.66. The smallest absolute Gasteiger partial charge is 0.308 e. The second kappa shape index (κ2) is 7.81. The molecule has 8 heteroatoms. The highest BCUT2D eigenvalue weighted by molar-refractivity contribution is 5.97. The van der Waals surface area contributed by atoms with Gasteiger partial charge in [-0.15, -0.1) is 0 Å². The van der Waals surface area contributed by atoms with E-state index in [1.807, 2.05) is 30.3 Å². The van der Waals surface area contributed by atoms with Crippen LogP contribution in [0.3, 0.4) is 0 Å². The van der Waals surface area contributed by atoms with Gasteiger partial charge in [-0.25, -0.2) is 0 Å². The van der Waals surface area contributed by atoms with E-state index < -0.39 is 17.9 Å². The summed E-state index contributed by atoms with van der Waals surface area (Å²) in [6.45, 7) is 0.591. The molecule has 1 fully saturated rings. The first-order chi connectivity index (χ1) is 12.6. The van der Waals surface area contributed by atoms with Gasteiger partial charge in [0.05, 0.1) is 19.2 Å². The van der Waals surface area contributed by atoms with Gasteiger partial charge in [-0.2, -0.15) is 0 Å². The van der Waals surface area contributed by atoms with E-state index in [4.69, 9.17) is 4.52 Å². The molecule has 136 valence electrons. The number of esters is 1. The fourth-order valence-corrected chi connectivity index (χ4v) is 2.84.